The highest BCUT2D eigenvalue weighted by molar-refractivity contribution is 6.23. The number of fused-ring (bicyclic) bond motifs is 14. The van der Waals surface area contributed by atoms with Gasteiger partial charge in [0.15, 0.2) is 5.75 Å². The van der Waals surface area contributed by atoms with E-state index in [1.54, 1.807) is 44.9 Å². The average molecular weight is 809 g/mol. The predicted molar refractivity (Wildman–Crippen MR) is 216 cm³/mol. The molecule has 0 saturated carbocycles. The Balaban J connectivity index is 1.69. The summed E-state index contributed by atoms with van der Waals surface area (Å²) in [6, 6.07) is 0. The Labute approximate surface area is 337 Å². The van der Waals surface area contributed by atoms with E-state index in [0.29, 0.717) is 26.2 Å². The normalized spacial score (nSPS) is 30.4. The van der Waals surface area contributed by atoms with Gasteiger partial charge in [0.25, 0.3) is 11.7 Å². The monoisotopic (exact) mass is 808 g/mol. The lowest BCUT2D eigenvalue weighted by Gasteiger charge is -2.37. The number of aliphatic hydroxyl groups excluding tert-OH is 3. The molecule has 0 spiro atoms. The number of anilines is 1. The van der Waals surface area contributed by atoms with Crippen LogP contribution in [-0.2, 0) is 19.1 Å². The van der Waals surface area contributed by atoms with Gasteiger partial charge in [-0.05, 0) is 27.0 Å². The van der Waals surface area contributed by atoms with Crippen LogP contribution in [0.25, 0.3) is 10.8 Å². The van der Waals surface area contributed by atoms with Crippen LogP contribution >= 0.6 is 0 Å². The zero-order valence-corrected chi connectivity index (χ0v) is 34.4. The van der Waals surface area contributed by atoms with E-state index >= 15 is 0 Å². The van der Waals surface area contributed by atoms with Crippen molar-refractivity contribution in [2.45, 2.75) is 85.6 Å². The Bertz CT molecular complexity index is 2050. The molecular weight excluding hydrogens is 752 g/mol. The highest BCUT2D eigenvalue weighted by atomic mass is 16.7. The van der Waals surface area contributed by atoms with Crippen molar-refractivity contribution in [2.75, 3.05) is 38.5 Å². The number of phenolic OH excluding ortho intramolecular Hbond substituents is 3. The van der Waals surface area contributed by atoms with E-state index in [-0.39, 0.29) is 44.5 Å². The fourth-order valence-electron chi connectivity index (χ4n) is 7.64. The van der Waals surface area contributed by atoms with Crippen LogP contribution in [-0.4, -0.2) is 128 Å². The van der Waals surface area contributed by atoms with E-state index in [9.17, 15) is 45.0 Å². The number of nitrogens with one attached hydrogen (secondary N) is 1. The third-order valence-corrected chi connectivity index (χ3v) is 11.6. The van der Waals surface area contributed by atoms with Crippen LogP contribution in [0.3, 0.4) is 0 Å². The first-order chi connectivity index (χ1) is 27.2. The van der Waals surface area contributed by atoms with Crippen LogP contribution in [0, 0.1) is 30.6 Å². The number of phenols is 3. The first-order valence-corrected chi connectivity index (χ1v) is 19.4. The molecule has 316 valence electrons. The summed E-state index contributed by atoms with van der Waals surface area (Å²) >= 11 is 0. The first-order valence-electron chi connectivity index (χ1n) is 19.4. The zero-order chi connectivity index (χ0) is 43.0. The second-order valence-electron chi connectivity index (χ2n) is 15.9. The standard InChI is InChI=1S/C42H56N4O12/c1-20-11-10-12-21(2)41(55)44-32-27(19-43-46-16-14-45(9)15-17-46)36(52)29-30(37(32)53)35(51)25(6)39-31(29)40(54)42(8,58-39)56-18-13-28(48)22(3)38(57-26(7)47)24(5)34(50)23(4)33(20)49/h10-13,18-20,22-24,28,33-34,38,48-53H,14-17H2,1-9H3,(H,44,55)/b11-10?,18-13?,21-12?,43-19+/t20-,22+,23+,24+,28-,33-,34+,38+,42-/m0/s1. The smallest absolute Gasteiger partial charge is 0.312 e. The number of Topliss-reactive ketones (excluding diaryl/α,β-unsaturated/α-hetero) is 1. The molecule has 16 heteroatoms. The maximum absolute atomic E-state index is 14.3. The number of allylic oxidation sites excluding steroid dienone is 2. The Kier molecular flexibility index (Phi) is 13.2. The third kappa shape index (κ3) is 8.51. The van der Waals surface area contributed by atoms with E-state index < -0.39 is 88.8 Å². The molecule has 16 nitrogen and oxygen atoms in total. The van der Waals surface area contributed by atoms with Crippen LogP contribution in [0.5, 0.6) is 23.0 Å². The minimum absolute atomic E-state index is 0.0284. The van der Waals surface area contributed by atoms with Gasteiger partial charge < -0.3 is 55.1 Å². The number of aliphatic hydroxyl groups is 3. The third-order valence-electron chi connectivity index (χ3n) is 11.6. The lowest BCUT2D eigenvalue weighted by molar-refractivity contribution is -0.159. The molecule has 0 aliphatic carbocycles. The van der Waals surface area contributed by atoms with Crippen molar-refractivity contribution in [3.05, 3.63) is 52.8 Å². The van der Waals surface area contributed by atoms with Gasteiger partial charge >= 0.3 is 11.8 Å². The van der Waals surface area contributed by atoms with Crippen LogP contribution in [0.1, 0.15) is 70.0 Å². The molecule has 5 bridgehead atoms. The summed E-state index contributed by atoms with van der Waals surface area (Å²) in [5, 5.41) is 77.7. The number of likely N-dealkylation sites (N-methyl/N-ethyl adjacent to an activating group) is 1. The topological polar surface area (TPSA) is 231 Å². The lowest BCUT2D eigenvalue weighted by Crippen LogP contribution is -2.46. The number of hydrogen-bond acceptors (Lipinski definition) is 15. The van der Waals surface area contributed by atoms with E-state index in [0.717, 1.165) is 6.26 Å². The van der Waals surface area contributed by atoms with Crippen molar-refractivity contribution in [2.24, 2.45) is 28.8 Å². The summed E-state index contributed by atoms with van der Waals surface area (Å²) in [5.41, 5.74) is -0.459. The Hall–Kier alpha value is -5.16. The minimum Gasteiger partial charge on any atom is -0.507 e. The molecular formula is C42H56N4O12. The fraction of sp³-hybridized carbons (Fsp3) is 0.524. The first kappa shape index (κ1) is 44.0. The molecule has 4 aliphatic rings. The number of piperazine rings is 1. The average Bonchev–Trinajstić information content (AvgIpc) is 3.44. The van der Waals surface area contributed by atoms with Gasteiger partial charge in [0.1, 0.15) is 23.4 Å². The predicted octanol–water partition coefficient (Wildman–Crippen LogP) is 3.68. The number of benzene rings is 2. The SMILES string of the molecule is CC(=O)O[C@H]1[C@H](C)[C@H](O)[C@H](C)[C@@H](O)[C@@H](C)C=CC=C(C)C(=O)Nc2c(/C=N/N3CCN(C)CC3)c(O)c3c4c(c(C)c(O)c3c2O)O[C@](C)(OC=C[C@H](O)[C@H]1C)C4=O. The highest BCUT2D eigenvalue weighted by Gasteiger charge is 2.50. The molecule has 7 N–H and O–H groups in total. The molecule has 0 radical (unpaired) electrons. The van der Waals surface area contributed by atoms with E-state index in [1.807, 2.05) is 7.05 Å². The summed E-state index contributed by atoms with van der Waals surface area (Å²) < 4.78 is 17.5. The summed E-state index contributed by atoms with van der Waals surface area (Å²) in [6.45, 7) is 14.6. The maximum Gasteiger partial charge on any atom is 0.312 e. The fourth-order valence-corrected chi connectivity index (χ4v) is 7.64. The van der Waals surface area contributed by atoms with Gasteiger partial charge in [-0.15, -0.1) is 0 Å². The van der Waals surface area contributed by atoms with Gasteiger partial charge in [0.2, 0.25) is 0 Å². The number of nitrogens with zero attached hydrogens (tertiary/aromatic N) is 3. The second kappa shape index (κ2) is 17.4. The molecule has 2 aromatic carbocycles. The molecule has 6 rings (SSSR count). The van der Waals surface area contributed by atoms with E-state index in [1.165, 1.54) is 46.1 Å². The number of ether oxygens (including phenoxy) is 3. The zero-order valence-electron chi connectivity index (χ0n) is 34.4. The number of carbonyl (C=O) groups excluding carboxylic acids is 3. The van der Waals surface area contributed by atoms with Gasteiger partial charge in [0, 0.05) is 80.2 Å². The molecule has 4 heterocycles. The van der Waals surface area contributed by atoms with Gasteiger partial charge in [-0.2, -0.15) is 5.10 Å². The molecule has 9 atom stereocenters. The van der Waals surface area contributed by atoms with Gasteiger partial charge in [-0.25, -0.2) is 0 Å². The van der Waals surface area contributed by atoms with Crippen molar-refractivity contribution in [3.8, 4) is 23.0 Å². The number of hydrazone groups is 1. The Morgan fingerprint density at radius 3 is 2.22 bits per heavy atom. The van der Waals surface area contributed by atoms with Crippen LogP contribution in [0.15, 0.2) is 41.2 Å². The van der Waals surface area contributed by atoms with Gasteiger partial charge in [-0.1, -0.05) is 45.9 Å². The lowest BCUT2D eigenvalue weighted by atomic mass is 9.78. The van der Waals surface area contributed by atoms with Crippen molar-refractivity contribution in [3.63, 3.8) is 0 Å². The van der Waals surface area contributed by atoms with Gasteiger partial charge in [-0.3, -0.25) is 19.4 Å². The van der Waals surface area contributed by atoms with E-state index in [2.05, 4.69) is 15.3 Å². The molecule has 2 aromatic rings. The quantitative estimate of drug-likeness (QED) is 0.102. The Morgan fingerprint density at radius 1 is 0.931 bits per heavy atom. The van der Waals surface area contributed by atoms with Crippen LogP contribution in [0.4, 0.5) is 5.69 Å². The molecule has 4 aliphatic heterocycles. The summed E-state index contributed by atoms with van der Waals surface area (Å²) in [4.78, 5) is 42.4. The van der Waals surface area contributed by atoms with Crippen LogP contribution < -0.4 is 10.1 Å². The molecule has 1 saturated heterocycles. The summed E-state index contributed by atoms with van der Waals surface area (Å²) in [7, 11) is 1.98. The number of aromatic hydroxyl groups is 3. The number of hydrogen-bond donors (Lipinski definition) is 7. The van der Waals surface area contributed by atoms with Crippen molar-refractivity contribution < 1.29 is 59.2 Å². The summed E-state index contributed by atoms with van der Waals surface area (Å²) in [6.07, 6.45) is 3.58. The van der Waals surface area contributed by atoms with Crippen molar-refractivity contribution in [1.29, 1.82) is 0 Å². The molecule has 1 amide bonds. The van der Waals surface area contributed by atoms with Gasteiger partial charge in [0.05, 0.1) is 53.0 Å². The minimum atomic E-state index is -2.10. The number of esters is 1. The largest absolute Gasteiger partial charge is 0.507 e. The number of carbonyl (C=O) groups is 3. The number of rotatable bonds is 3. The molecule has 1 fully saturated rings. The maximum atomic E-state index is 14.3. The highest BCUT2D eigenvalue weighted by Crippen LogP contribution is 2.55. The molecule has 58 heavy (non-hydrogen) atoms. The Morgan fingerprint density at radius 2 is 1.59 bits per heavy atom. The second-order valence-corrected chi connectivity index (χ2v) is 15.9. The number of ketones is 1. The summed E-state index contributed by atoms with van der Waals surface area (Å²) in [5.74, 6) is -9.00. The molecule has 0 aromatic heterocycles. The van der Waals surface area contributed by atoms with E-state index in [4.69, 9.17) is 14.2 Å². The molecule has 0 unspecified atom stereocenters. The number of amides is 1. The van der Waals surface area contributed by atoms with Crippen molar-refractivity contribution >= 4 is 40.3 Å². The van der Waals surface area contributed by atoms with Crippen LogP contribution in [0.2, 0.25) is 0 Å². The van der Waals surface area contributed by atoms with Crippen molar-refractivity contribution in [1.82, 2.24) is 9.91 Å².